The van der Waals surface area contributed by atoms with Gasteiger partial charge in [-0.05, 0) is 30.3 Å². The Labute approximate surface area is 195 Å². The molecule has 0 spiro atoms. The van der Waals surface area contributed by atoms with Crippen molar-refractivity contribution >= 4 is 17.5 Å². The predicted octanol–water partition coefficient (Wildman–Crippen LogP) is 2.40. The van der Waals surface area contributed by atoms with Gasteiger partial charge >= 0.3 is 0 Å². The molecular weight excluding hydrogens is 442 g/mol. The normalized spacial score (nSPS) is 13.5. The zero-order valence-electron chi connectivity index (χ0n) is 18.7. The van der Waals surface area contributed by atoms with E-state index in [2.05, 4.69) is 4.98 Å². The topological polar surface area (TPSA) is 120 Å². The van der Waals surface area contributed by atoms with E-state index in [0.29, 0.717) is 48.9 Å². The van der Waals surface area contributed by atoms with Gasteiger partial charge in [0.2, 0.25) is 0 Å². The van der Waals surface area contributed by atoms with Crippen molar-refractivity contribution in [2.24, 2.45) is 0 Å². The highest BCUT2D eigenvalue weighted by molar-refractivity contribution is 5.97. The number of aromatic nitrogens is 2. The number of amides is 2. The first kappa shape index (κ1) is 22.8. The van der Waals surface area contributed by atoms with Crippen LogP contribution in [0.4, 0.5) is 5.69 Å². The van der Waals surface area contributed by atoms with Crippen molar-refractivity contribution in [3.63, 3.8) is 0 Å². The third-order valence-corrected chi connectivity index (χ3v) is 5.69. The summed E-state index contributed by atoms with van der Waals surface area (Å²) >= 11 is 0. The molecular formula is C23H23N5O6. The third-order valence-electron chi connectivity index (χ3n) is 5.69. The molecule has 0 N–H and O–H groups in total. The summed E-state index contributed by atoms with van der Waals surface area (Å²) in [4.78, 5) is 44.2. The number of hydrogen-bond acceptors (Lipinski definition) is 7. The summed E-state index contributed by atoms with van der Waals surface area (Å²) in [6.07, 6.45) is 4.57. The second-order valence-electron chi connectivity index (χ2n) is 7.58. The second kappa shape index (κ2) is 9.61. The maximum atomic E-state index is 13.0. The third kappa shape index (κ3) is 4.40. The highest BCUT2D eigenvalue weighted by Gasteiger charge is 2.27. The quantitative estimate of drug-likeness (QED) is 0.405. The molecule has 4 rings (SSSR count). The summed E-state index contributed by atoms with van der Waals surface area (Å²) < 4.78 is 12.0. The molecule has 0 atom stereocenters. The van der Waals surface area contributed by atoms with Crippen molar-refractivity contribution in [2.75, 3.05) is 40.4 Å². The Morgan fingerprint density at radius 3 is 2.03 bits per heavy atom. The monoisotopic (exact) mass is 465 g/mol. The molecule has 34 heavy (non-hydrogen) atoms. The zero-order valence-corrected chi connectivity index (χ0v) is 18.7. The molecule has 0 bridgehead atoms. The van der Waals surface area contributed by atoms with E-state index in [1.165, 1.54) is 43.4 Å². The van der Waals surface area contributed by atoms with Crippen LogP contribution in [0.3, 0.4) is 0 Å². The number of carbonyl (C=O) groups is 2. The minimum Gasteiger partial charge on any atom is -0.493 e. The number of carbonyl (C=O) groups excluding carboxylic acids is 2. The number of ether oxygens (including phenoxy) is 2. The molecule has 2 aromatic carbocycles. The fourth-order valence-electron chi connectivity index (χ4n) is 3.87. The Bertz CT molecular complexity index is 1220. The average molecular weight is 465 g/mol. The first-order valence-corrected chi connectivity index (χ1v) is 10.5. The molecule has 3 aromatic rings. The van der Waals surface area contributed by atoms with E-state index >= 15 is 0 Å². The number of rotatable bonds is 6. The molecule has 11 nitrogen and oxygen atoms in total. The standard InChI is InChI=1S/C23H23N5O6/c1-33-20-6-4-17(14-21(20)34-2)23(30)26-11-9-25(10-12-26)22(29)16-3-5-18(19(13-16)28(31)32)27-8-7-24-15-27/h3-8,13-15H,9-12H2,1-2H3. The lowest BCUT2D eigenvalue weighted by Gasteiger charge is -2.35. The van der Waals surface area contributed by atoms with Gasteiger partial charge in [0.15, 0.2) is 11.5 Å². The van der Waals surface area contributed by atoms with Crippen LogP contribution in [0.1, 0.15) is 20.7 Å². The maximum absolute atomic E-state index is 13.0. The van der Waals surface area contributed by atoms with Gasteiger partial charge in [-0.25, -0.2) is 4.98 Å². The van der Waals surface area contributed by atoms with Gasteiger partial charge in [-0.1, -0.05) is 0 Å². The van der Waals surface area contributed by atoms with Crippen molar-refractivity contribution < 1.29 is 24.0 Å². The maximum Gasteiger partial charge on any atom is 0.294 e. The van der Waals surface area contributed by atoms with Crippen LogP contribution in [-0.2, 0) is 0 Å². The van der Waals surface area contributed by atoms with Crippen molar-refractivity contribution in [3.8, 4) is 17.2 Å². The Morgan fingerprint density at radius 1 is 0.912 bits per heavy atom. The van der Waals surface area contributed by atoms with E-state index in [1.54, 1.807) is 40.3 Å². The van der Waals surface area contributed by atoms with E-state index < -0.39 is 4.92 Å². The fraction of sp³-hybridized carbons (Fsp3) is 0.261. The summed E-state index contributed by atoms with van der Waals surface area (Å²) in [5.41, 5.74) is 0.814. The molecule has 0 radical (unpaired) electrons. The second-order valence-corrected chi connectivity index (χ2v) is 7.58. The van der Waals surface area contributed by atoms with Gasteiger partial charge in [-0.15, -0.1) is 0 Å². The lowest BCUT2D eigenvalue weighted by Crippen LogP contribution is -2.50. The van der Waals surface area contributed by atoms with Crippen LogP contribution in [-0.4, -0.2) is 76.5 Å². The first-order chi connectivity index (χ1) is 16.4. The highest BCUT2D eigenvalue weighted by Crippen LogP contribution is 2.28. The largest absolute Gasteiger partial charge is 0.493 e. The Hall–Kier alpha value is -4.41. The smallest absolute Gasteiger partial charge is 0.294 e. The van der Waals surface area contributed by atoms with Gasteiger partial charge < -0.3 is 23.8 Å². The molecule has 11 heteroatoms. The number of hydrogen-bond donors (Lipinski definition) is 0. The van der Waals surface area contributed by atoms with Crippen LogP contribution in [0.25, 0.3) is 5.69 Å². The van der Waals surface area contributed by atoms with Gasteiger partial charge in [0.25, 0.3) is 17.5 Å². The van der Waals surface area contributed by atoms with Crippen LogP contribution >= 0.6 is 0 Å². The van der Waals surface area contributed by atoms with Crippen LogP contribution < -0.4 is 9.47 Å². The summed E-state index contributed by atoms with van der Waals surface area (Å²) in [6, 6.07) is 9.34. The number of nitrogens with zero attached hydrogens (tertiary/aromatic N) is 5. The van der Waals surface area contributed by atoms with Crippen LogP contribution in [0.15, 0.2) is 55.1 Å². The molecule has 1 aromatic heterocycles. The summed E-state index contributed by atoms with van der Waals surface area (Å²) in [5.74, 6) is 0.498. The molecule has 1 fully saturated rings. The number of methoxy groups -OCH3 is 2. The number of benzene rings is 2. The molecule has 2 amide bonds. The van der Waals surface area contributed by atoms with E-state index in [1.807, 2.05) is 0 Å². The van der Waals surface area contributed by atoms with Gasteiger partial charge in [0, 0.05) is 55.8 Å². The molecule has 0 saturated carbocycles. The molecule has 1 saturated heterocycles. The zero-order chi connectivity index (χ0) is 24.2. The molecule has 176 valence electrons. The van der Waals surface area contributed by atoms with Crippen molar-refractivity contribution in [3.05, 3.63) is 76.4 Å². The van der Waals surface area contributed by atoms with E-state index in [9.17, 15) is 19.7 Å². The van der Waals surface area contributed by atoms with Gasteiger partial charge in [0.1, 0.15) is 5.69 Å². The van der Waals surface area contributed by atoms with Gasteiger partial charge in [0.05, 0.1) is 25.5 Å². The average Bonchev–Trinajstić information content (AvgIpc) is 3.42. The van der Waals surface area contributed by atoms with Crippen molar-refractivity contribution in [2.45, 2.75) is 0 Å². The fourth-order valence-corrected chi connectivity index (χ4v) is 3.87. The van der Waals surface area contributed by atoms with Crippen LogP contribution in [0, 0.1) is 10.1 Å². The minimum atomic E-state index is -0.522. The number of imidazole rings is 1. The van der Waals surface area contributed by atoms with Crippen molar-refractivity contribution in [1.29, 1.82) is 0 Å². The first-order valence-electron chi connectivity index (χ1n) is 10.5. The van der Waals surface area contributed by atoms with Gasteiger partial charge in [-0.3, -0.25) is 19.7 Å². The minimum absolute atomic E-state index is 0.173. The number of nitro groups is 1. The SMILES string of the molecule is COc1ccc(C(=O)N2CCN(C(=O)c3ccc(-n4ccnc4)c([N+](=O)[O-])c3)CC2)cc1OC. The molecule has 1 aliphatic rings. The summed E-state index contributed by atoms with van der Waals surface area (Å²) in [5, 5.41) is 11.6. The van der Waals surface area contributed by atoms with Crippen LogP contribution in [0.5, 0.6) is 11.5 Å². The van der Waals surface area contributed by atoms with Gasteiger partial charge in [-0.2, -0.15) is 0 Å². The number of piperazine rings is 1. The van der Waals surface area contributed by atoms with Crippen LogP contribution in [0.2, 0.25) is 0 Å². The Morgan fingerprint density at radius 2 is 1.50 bits per heavy atom. The highest BCUT2D eigenvalue weighted by atomic mass is 16.6. The molecule has 1 aliphatic heterocycles. The lowest BCUT2D eigenvalue weighted by atomic mass is 10.1. The molecule has 0 aliphatic carbocycles. The van der Waals surface area contributed by atoms with E-state index in [4.69, 9.17) is 9.47 Å². The Balaban J connectivity index is 1.45. The molecule has 0 unspecified atom stereocenters. The Kier molecular flexibility index (Phi) is 6.44. The van der Waals surface area contributed by atoms with E-state index in [0.717, 1.165) is 0 Å². The van der Waals surface area contributed by atoms with E-state index in [-0.39, 0.29) is 23.1 Å². The summed E-state index contributed by atoms with van der Waals surface area (Å²) in [6.45, 7) is 1.31. The predicted molar refractivity (Wildman–Crippen MR) is 122 cm³/mol. The van der Waals surface area contributed by atoms with Crippen molar-refractivity contribution in [1.82, 2.24) is 19.4 Å². The molecule has 2 heterocycles. The lowest BCUT2D eigenvalue weighted by molar-refractivity contribution is -0.384. The summed E-state index contributed by atoms with van der Waals surface area (Å²) in [7, 11) is 3.03. The number of nitro benzene ring substituents is 1.